The van der Waals surface area contributed by atoms with Crippen molar-refractivity contribution in [2.45, 2.75) is 13.8 Å². The number of nitrogens with zero attached hydrogens (tertiary/aromatic N) is 1. The fourth-order valence-corrected chi connectivity index (χ4v) is 1.09. The second-order valence-corrected chi connectivity index (χ2v) is 2.69. The Morgan fingerprint density at radius 1 is 1.44 bits per heavy atom. The number of aromatic nitrogens is 1. The average Bonchev–Trinajstić information content (AvgIpc) is 1.98. The molecule has 1 nitrogen and oxygen atoms in total. The lowest BCUT2D eigenvalue weighted by Gasteiger charge is -1.96. The van der Waals surface area contributed by atoms with Crippen LogP contribution in [0.25, 0.3) is 0 Å². The number of hydrogen-bond acceptors (Lipinski definition) is 0. The number of hydrogen-bond donors (Lipinski definition) is 0. The summed E-state index contributed by atoms with van der Waals surface area (Å²) in [4.78, 5) is 0. The zero-order valence-corrected chi connectivity index (χ0v) is 6.66. The van der Waals surface area contributed by atoms with Gasteiger partial charge < -0.3 is 4.57 Å². The van der Waals surface area contributed by atoms with Crippen molar-refractivity contribution in [3.8, 4) is 0 Å². The summed E-state index contributed by atoms with van der Waals surface area (Å²) in [5.74, 6) is 0. The summed E-state index contributed by atoms with van der Waals surface area (Å²) < 4.78 is 2.07. The van der Waals surface area contributed by atoms with E-state index in [1.54, 1.807) is 0 Å². The fourth-order valence-electron chi connectivity index (χ4n) is 0.809. The van der Waals surface area contributed by atoms with E-state index >= 15 is 0 Å². The highest BCUT2D eigenvalue weighted by atomic mass is 35.5. The molecule has 0 atom stereocenters. The minimum absolute atomic E-state index is 0.856. The van der Waals surface area contributed by atoms with Gasteiger partial charge in [0.05, 0.1) is 5.02 Å². The summed E-state index contributed by atoms with van der Waals surface area (Å²) >= 11 is 5.81. The van der Waals surface area contributed by atoms with Gasteiger partial charge in [0.2, 0.25) is 0 Å². The van der Waals surface area contributed by atoms with Crippen LogP contribution in [0.3, 0.4) is 0 Å². The Kier molecular flexibility index (Phi) is 1.54. The van der Waals surface area contributed by atoms with Crippen molar-refractivity contribution in [2.75, 3.05) is 0 Å². The molecule has 1 heterocycles. The van der Waals surface area contributed by atoms with Gasteiger partial charge in [-0.25, -0.2) is 0 Å². The van der Waals surface area contributed by atoms with Crippen molar-refractivity contribution in [2.24, 2.45) is 7.05 Å². The Hall–Kier alpha value is -0.430. The molecule has 1 aromatic heterocycles. The summed E-state index contributed by atoms with van der Waals surface area (Å²) in [6.45, 7) is 4.05. The van der Waals surface area contributed by atoms with Gasteiger partial charge in [-0.2, -0.15) is 0 Å². The Balaban J connectivity index is 3.29. The molecule has 0 aliphatic carbocycles. The maximum atomic E-state index is 5.81. The molecule has 2 heteroatoms. The Morgan fingerprint density at radius 2 is 2.00 bits per heavy atom. The first-order chi connectivity index (χ1) is 4.13. The zero-order chi connectivity index (χ0) is 7.02. The van der Waals surface area contributed by atoms with Crippen LogP contribution in [0.2, 0.25) is 5.02 Å². The molecular weight excluding hydrogens is 134 g/mol. The molecule has 0 aromatic carbocycles. The van der Waals surface area contributed by atoms with Gasteiger partial charge in [-0.1, -0.05) is 11.6 Å². The van der Waals surface area contributed by atoms with E-state index in [1.165, 1.54) is 5.69 Å². The number of halogens is 1. The highest BCUT2D eigenvalue weighted by Gasteiger charge is 2.00. The van der Waals surface area contributed by atoms with Crippen LogP contribution in [0.5, 0.6) is 0 Å². The van der Waals surface area contributed by atoms with Gasteiger partial charge in [0.15, 0.2) is 0 Å². The minimum atomic E-state index is 0.856. The Bertz CT molecular complexity index is 203. The van der Waals surface area contributed by atoms with Gasteiger partial charge in [-0.3, -0.25) is 0 Å². The number of rotatable bonds is 0. The molecule has 0 N–H and O–H groups in total. The lowest BCUT2D eigenvalue weighted by Crippen LogP contribution is -1.91. The molecule has 0 amide bonds. The lowest BCUT2D eigenvalue weighted by molar-refractivity contribution is 0.844. The van der Waals surface area contributed by atoms with Gasteiger partial charge in [-0.15, -0.1) is 0 Å². The molecule has 0 saturated heterocycles. The van der Waals surface area contributed by atoms with Gasteiger partial charge in [0, 0.05) is 18.4 Å². The van der Waals surface area contributed by atoms with E-state index in [9.17, 15) is 0 Å². The number of aryl methyl sites for hydroxylation is 1. The molecule has 50 valence electrons. The predicted octanol–water partition coefficient (Wildman–Crippen LogP) is 2.30. The third kappa shape index (κ3) is 0.969. The first-order valence-corrected chi connectivity index (χ1v) is 3.29. The second kappa shape index (κ2) is 2.07. The molecule has 0 fully saturated rings. The molecule has 0 radical (unpaired) electrons. The van der Waals surface area contributed by atoms with E-state index < -0.39 is 0 Å². The topological polar surface area (TPSA) is 4.93 Å². The molecule has 0 bridgehead atoms. The summed E-state index contributed by atoms with van der Waals surface area (Å²) in [7, 11) is 2.01. The van der Waals surface area contributed by atoms with Crippen molar-refractivity contribution in [3.63, 3.8) is 0 Å². The average molecular weight is 144 g/mol. The monoisotopic (exact) mass is 143 g/mol. The smallest absolute Gasteiger partial charge is 0.0614 e. The van der Waals surface area contributed by atoms with Crippen molar-refractivity contribution in [1.82, 2.24) is 4.57 Å². The molecule has 1 rings (SSSR count). The first kappa shape index (κ1) is 6.69. The van der Waals surface area contributed by atoms with Crippen molar-refractivity contribution in [3.05, 3.63) is 22.5 Å². The molecule has 0 unspecified atom stereocenters. The van der Waals surface area contributed by atoms with Crippen LogP contribution in [0.15, 0.2) is 6.07 Å². The van der Waals surface area contributed by atoms with E-state index in [1.807, 2.05) is 27.0 Å². The van der Waals surface area contributed by atoms with Gasteiger partial charge in [-0.05, 0) is 19.9 Å². The van der Waals surface area contributed by atoms with Crippen LogP contribution in [-0.2, 0) is 7.05 Å². The van der Waals surface area contributed by atoms with E-state index in [0.717, 1.165) is 10.7 Å². The quantitative estimate of drug-likeness (QED) is 0.525. The van der Waals surface area contributed by atoms with E-state index in [-0.39, 0.29) is 0 Å². The molecule has 0 spiro atoms. The first-order valence-electron chi connectivity index (χ1n) is 2.91. The maximum Gasteiger partial charge on any atom is 0.0614 e. The Morgan fingerprint density at radius 3 is 2.11 bits per heavy atom. The predicted molar refractivity (Wildman–Crippen MR) is 39.9 cm³/mol. The lowest BCUT2D eigenvalue weighted by atomic mass is 10.5. The van der Waals surface area contributed by atoms with E-state index in [4.69, 9.17) is 11.6 Å². The van der Waals surface area contributed by atoms with Crippen LogP contribution in [0.1, 0.15) is 11.4 Å². The summed E-state index contributed by atoms with van der Waals surface area (Å²) in [6.07, 6.45) is 0. The van der Waals surface area contributed by atoms with Crippen LogP contribution in [-0.4, -0.2) is 4.57 Å². The minimum Gasteiger partial charge on any atom is -0.351 e. The van der Waals surface area contributed by atoms with E-state index in [2.05, 4.69) is 4.57 Å². The third-order valence-electron chi connectivity index (χ3n) is 1.71. The van der Waals surface area contributed by atoms with Crippen molar-refractivity contribution in [1.29, 1.82) is 0 Å². The van der Waals surface area contributed by atoms with Gasteiger partial charge in [0.25, 0.3) is 0 Å². The van der Waals surface area contributed by atoms with Crippen LogP contribution in [0.4, 0.5) is 0 Å². The summed E-state index contributed by atoms with van der Waals surface area (Å²) in [5.41, 5.74) is 2.34. The maximum absolute atomic E-state index is 5.81. The van der Waals surface area contributed by atoms with Crippen molar-refractivity contribution < 1.29 is 0 Å². The fraction of sp³-hybridized carbons (Fsp3) is 0.429. The summed E-state index contributed by atoms with van der Waals surface area (Å²) in [5, 5.41) is 0.856. The molecule has 1 aromatic rings. The zero-order valence-electron chi connectivity index (χ0n) is 5.90. The molecule has 0 aliphatic rings. The SMILES string of the molecule is Cc1cc(Cl)c(C)n1C. The standard InChI is InChI=1S/C7H10ClN/c1-5-4-7(8)6(2)9(5)3/h4H,1-3H3. The Labute approximate surface area is 60.2 Å². The molecular formula is C7H10ClN. The highest BCUT2D eigenvalue weighted by Crippen LogP contribution is 2.17. The van der Waals surface area contributed by atoms with Gasteiger partial charge in [0.1, 0.15) is 0 Å². The molecule has 9 heavy (non-hydrogen) atoms. The van der Waals surface area contributed by atoms with Crippen molar-refractivity contribution >= 4 is 11.6 Å². The molecule has 0 aliphatic heterocycles. The normalized spacial score (nSPS) is 10.2. The second-order valence-electron chi connectivity index (χ2n) is 2.28. The molecule has 0 saturated carbocycles. The van der Waals surface area contributed by atoms with Crippen LogP contribution < -0.4 is 0 Å². The largest absolute Gasteiger partial charge is 0.351 e. The summed E-state index contributed by atoms with van der Waals surface area (Å²) in [6, 6.07) is 1.97. The van der Waals surface area contributed by atoms with E-state index in [0.29, 0.717) is 0 Å². The highest BCUT2D eigenvalue weighted by molar-refractivity contribution is 6.31. The van der Waals surface area contributed by atoms with Crippen LogP contribution >= 0.6 is 11.6 Å². The third-order valence-corrected chi connectivity index (χ3v) is 2.10. The van der Waals surface area contributed by atoms with Crippen LogP contribution in [0, 0.1) is 13.8 Å². The van der Waals surface area contributed by atoms with Gasteiger partial charge >= 0.3 is 0 Å².